The molecule has 1 heterocycles. The number of amides is 1. The highest BCUT2D eigenvalue weighted by molar-refractivity contribution is 7.85. The number of fused-ring (bicyclic) bond motifs is 5. The largest absolute Gasteiger partial charge is 0.302 e. The predicted molar refractivity (Wildman–Crippen MR) is 142 cm³/mol. The highest BCUT2D eigenvalue weighted by atomic mass is 32.2. The molecule has 1 amide bonds. The molecule has 2 saturated carbocycles. The molecule has 12 heteroatoms. The summed E-state index contributed by atoms with van der Waals surface area (Å²) in [5, 5.41) is 15.4. The van der Waals surface area contributed by atoms with Gasteiger partial charge in [0.1, 0.15) is 11.5 Å². The Kier molecular flexibility index (Phi) is 6.93. The Balaban J connectivity index is 1.40. The molecule has 10 nitrogen and oxygen atoms in total. The Labute approximate surface area is 225 Å². The number of rotatable bonds is 7. The summed E-state index contributed by atoms with van der Waals surface area (Å²) in [5.41, 5.74) is 0.693. The number of anilines is 1. The molecule has 1 aromatic heterocycles. The third kappa shape index (κ3) is 4.89. The molecular formula is C26H31N3O7S2. The molecule has 204 valence electrons. The number of benzene rings is 1. The number of hydrogen-bond donors (Lipinski definition) is 2. The van der Waals surface area contributed by atoms with Crippen molar-refractivity contribution >= 4 is 44.0 Å². The normalized spacial score (nSPS) is 28.3. The van der Waals surface area contributed by atoms with Gasteiger partial charge in [0.25, 0.3) is 15.8 Å². The lowest BCUT2D eigenvalue weighted by Gasteiger charge is -2.49. The first-order valence-electron chi connectivity index (χ1n) is 12.9. The fourth-order valence-electron chi connectivity index (χ4n) is 7.47. The Morgan fingerprint density at radius 1 is 1.34 bits per heavy atom. The van der Waals surface area contributed by atoms with Gasteiger partial charge in [-0.15, -0.1) is 11.3 Å². The Morgan fingerprint density at radius 2 is 2.11 bits per heavy atom. The molecule has 3 aliphatic rings. The first-order chi connectivity index (χ1) is 17.9. The summed E-state index contributed by atoms with van der Waals surface area (Å²) in [6.07, 6.45) is 5.49. The maximum Gasteiger partial charge on any atom is 0.277 e. The summed E-state index contributed by atoms with van der Waals surface area (Å²) in [6, 6.07) is 3.22. The lowest BCUT2D eigenvalue weighted by Crippen LogP contribution is -2.44. The van der Waals surface area contributed by atoms with E-state index in [1.807, 2.05) is 13.8 Å². The Morgan fingerprint density at radius 3 is 2.76 bits per heavy atom. The summed E-state index contributed by atoms with van der Waals surface area (Å²) in [7, 11) is -4.43. The number of carbonyl (C=O) groups is 2. The smallest absolute Gasteiger partial charge is 0.277 e. The monoisotopic (exact) mass is 561 g/mol. The third-order valence-electron chi connectivity index (χ3n) is 8.94. The van der Waals surface area contributed by atoms with Crippen LogP contribution in [0.5, 0.6) is 0 Å². The lowest BCUT2D eigenvalue weighted by molar-refractivity contribution is -0.386. The number of aromatic nitrogens is 1. The quantitative estimate of drug-likeness (QED) is 0.277. The van der Waals surface area contributed by atoms with Crippen LogP contribution in [0.1, 0.15) is 72.9 Å². The van der Waals surface area contributed by atoms with E-state index < -0.39 is 26.2 Å². The molecule has 2 aromatic rings. The van der Waals surface area contributed by atoms with Crippen molar-refractivity contribution in [1.82, 2.24) is 4.98 Å². The van der Waals surface area contributed by atoms with Gasteiger partial charge in [-0.2, -0.15) is 8.42 Å². The zero-order chi connectivity index (χ0) is 27.4. The Bertz CT molecular complexity index is 1420. The van der Waals surface area contributed by atoms with E-state index in [2.05, 4.69) is 10.3 Å². The zero-order valence-corrected chi connectivity index (χ0v) is 22.9. The summed E-state index contributed by atoms with van der Waals surface area (Å²) >= 11 is 1.42. The van der Waals surface area contributed by atoms with Crippen LogP contribution in [0.3, 0.4) is 0 Å². The minimum Gasteiger partial charge on any atom is -0.302 e. The molecule has 0 aliphatic heterocycles. The van der Waals surface area contributed by atoms with Crippen molar-refractivity contribution in [1.29, 1.82) is 0 Å². The van der Waals surface area contributed by atoms with Crippen LogP contribution in [0, 0.1) is 40.2 Å². The molecule has 5 atom stereocenters. The van der Waals surface area contributed by atoms with Crippen molar-refractivity contribution in [2.24, 2.45) is 23.2 Å². The van der Waals surface area contributed by atoms with E-state index in [9.17, 15) is 32.7 Å². The molecule has 2 N–H and O–H groups in total. The minimum absolute atomic E-state index is 0.00861. The summed E-state index contributed by atoms with van der Waals surface area (Å²) in [5.74, 6) is -0.381. The van der Waals surface area contributed by atoms with Gasteiger partial charge in [-0.3, -0.25) is 24.3 Å². The molecule has 2 fully saturated rings. The fourth-order valence-corrected chi connectivity index (χ4v) is 8.78. The van der Waals surface area contributed by atoms with Gasteiger partial charge in [0.05, 0.1) is 4.92 Å². The van der Waals surface area contributed by atoms with E-state index in [1.165, 1.54) is 17.4 Å². The molecule has 0 radical (unpaired) electrons. The number of nitro groups is 1. The van der Waals surface area contributed by atoms with Gasteiger partial charge in [0, 0.05) is 40.5 Å². The molecule has 3 unspecified atom stereocenters. The van der Waals surface area contributed by atoms with E-state index in [-0.39, 0.29) is 46.6 Å². The van der Waals surface area contributed by atoms with Crippen molar-refractivity contribution in [3.63, 3.8) is 0 Å². The molecule has 5 rings (SSSR count). The number of carbonyl (C=O) groups excluding carboxylic acids is 2. The second-order valence-electron chi connectivity index (χ2n) is 11.2. The maximum absolute atomic E-state index is 13.2. The number of nitrogens with one attached hydrogen (secondary N) is 1. The number of Topliss-reactive ketones (excluding diaryl/α,β-unsaturated/α-hetero) is 1. The van der Waals surface area contributed by atoms with Gasteiger partial charge in [0.15, 0.2) is 5.13 Å². The maximum atomic E-state index is 13.2. The minimum atomic E-state index is -4.43. The number of thiazole rings is 1. The molecular weight excluding hydrogens is 530 g/mol. The number of ketones is 1. The molecule has 3 aliphatic carbocycles. The third-order valence-corrected chi connectivity index (χ3v) is 10.4. The first-order valence-corrected chi connectivity index (χ1v) is 15.3. The molecule has 0 spiro atoms. The van der Waals surface area contributed by atoms with Crippen LogP contribution in [0.15, 0.2) is 18.3 Å². The van der Waals surface area contributed by atoms with Crippen LogP contribution >= 0.6 is 11.3 Å². The fraction of sp³-hybridized carbons (Fsp3) is 0.577. The number of nitrogens with zero attached hydrogens (tertiary/aromatic N) is 2. The standard InChI is InChI=1S/C26H31N3O7S2/c1-14-12-27-25(37-14)28-22(31)8-4-15-11-21(30)26(2)10-9-18-17-5-3-16(13-38(34,35)36)24(29(32)33)20(17)7-6-19(18)23(15)26/h3,5,12,15,18-19,23H,4,6-11,13H2,1-2H3,(H,27,28,31)(H,34,35,36)/t15-,18?,19?,23?,26-/m1/s1. The summed E-state index contributed by atoms with van der Waals surface area (Å²) in [4.78, 5) is 42.5. The van der Waals surface area contributed by atoms with E-state index in [0.717, 1.165) is 16.9 Å². The number of aryl methyl sites for hydroxylation is 1. The van der Waals surface area contributed by atoms with E-state index in [1.54, 1.807) is 12.3 Å². The van der Waals surface area contributed by atoms with Gasteiger partial charge in [0.2, 0.25) is 5.91 Å². The SMILES string of the molecule is Cc1cnc(NC(=O)CC[C@@H]2CC(=O)[C@@]3(C)CCC4c5ccc(CS(=O)(=O)O)c([N+](=O)[O-])c5CCC4C23)s1. The molecule has 0 bridgehead atoms. The van der Waals surface area contributed by atoms with Crippen molar-refractivity contribution in [3.05, 3.63) is 50.0 Å². The van der Waals surface area contributed by atoms with Crippen molar-refractivity contribution in [2.75, 3.05) is 5.32 Å². The van der Waals surface area contributed by atoms with E-state index in [0.29, 0.717) is 49.2 Å². The molecule has 0 saturated heterocycles. The molecule has 38 heavy (non-hydrogen) atoms. The van der Waals surface area contributed by atoms with Gasteiger partial charge in [-0.1, -0.05) is 19.1 Å². The first kappa shape index (κ1) is 26.9. The zero-order valence-electron chi connectivity index (χ0n) is 21.3. The van der Waals surface area contributed by atoms with Crippen LogP contribution in [-0.4, -0.2) is 34.6 Å². The number of nitro benzene ring substituents is 1. The predicted octanol–water partition coefficient (Wildman–Crippen LogP) is 4.82. The van der Waals surface area contributed by atoms with Crippen molar-refractivity contribution in [3.8, 4) is 0 Å². The van der Waals surface area contributed by atoms with Gasteiger partial charge in [-0.25, -0.2) is 4.98 Å². The van der Waals surface area contributed by atoms with Crippen LogP contribution in [0.25, 0.3) is 0 Å². The van der Waals surface area contributed by atoms with Gasteiger partial charge < -0.3 is 5.32 Å². The van der Waals surface area contributed by atoms with E-state index in [4.69, 9.17) is 0 Å². The topological polar surface area (TPSA) is 157 Å². The van der Waals surface area contributed by atoms with Crippen molar-refractivity contribution < 1.29 is 27.5 Å². The van der Waals surface area contributed by atoms with Crippen molar-refractivity contribution in [2.45, 2.75) is 70.5 Å². The lowest BCUT2D eigenvalue weighted by atomic mass is 9.54. The van der Waals surface area contributed by atoms with Crippen LogP contribution < -0.4 is 5.32 Å². The highest BCUT2D eigenvalue weighted by Gasteiger charge is 2.58. The van der Waals surface area contributed by atoms with Crippen LogP contribution in [-0.2, 0) is 31.9 Å². The average Bonchev–Trinajstić information content (AvgIpc) is 3.35. The average molecular weight is 562 g/mol. The van der Waals surface area contributed by atoms with E-state index >= 15 is 0 Å². The van der Waals surface area contributed by atoms with Gasteiger partial charge >= 0.3 is 0 Å². The molecule has 1 aromatic carbocycles. The van der Waals surface area contributed by atoms with Gasteiger partial charge in [-0.05, 0) is 68.3 Å². The highest BCUT2D eigenvalue weighted by Crippen LogP contribution is 2.62. The number of hydrogen-bond acceptors (Lipinski definition) is 8. The summed E-state index contributed by atoms with van der Waals surface area (Å²) in [6.45, 7) is 3.96. The summed E-state index contributed by atoms with van der Waals surface area (Å²) < 4.78 is 32.3. The second-order valence-corrected chi connectivity index (χ2v) is 13.9. The Hall–Kier alpha value is -2.70. The second kappa shape index (κ2) is 9.80. The van der Waals surface area contributed by atoms with Crippen LogP contribution in [0.4, 0.5) is 10.8 Å². The van der Waals surface area contributed by atoms with Crippen LogP contribution in [0.2, 0.25) is 0 Å².